The first-order valence-corrected chi connectivity index (χ1v) is 11.1. The van der Waals surface area contributed by atoms with Crippen LogP contribution in [0.25, 0.3) is 22.5 Å². The summed E-state index contributed by atoms with van der Waals surface area (Å²) in [6.45, 7) is 4.24. The van der Waals surface area contributed by atoms with E-state index in [1.54, 1.807) is 19.4 Å². The zero-order chi connectivity index (χ0) is 23.7. The van der Waals surface area contributed by atoms with E-state index in [4.69, 9.17) is 9.47 Å². The zero-order valence-electron chi connectivity index (χ0n) is 19.3. The average molecular weight is 456 g/mol. The largest absolute Gasteiger partial charge is 0.497 e. The van der Waals surface area contributed by atoms with E-state index in [1.807, 2.05) is 50.2 Å². The molecule has 34 heavy (non-hydrogen) atoms. The van der Waals surface area contributed by atoms with E-state index in [9.17, 15) is 4.79 Å². The number of carbonyl (C=O) groups is 1. The van der Waals surface area contributed by atoms with Crippen molar-refractivity contribution in [2.24, 2.45) is 0 Å². The maximum absolute atomic E-state index is 12.7. The second kappa shape index (κ2) is 8.97. The summed E-state index contributed by atoms with van der Waals surface area (Å²) in [7, 11) is 1.62. The number of rotatable bonds is 6. The summed E-state index contributed by atoms with van der Waals surface area (Å²) in [6.07, 6.45) is 2.31. The van der Waals surface area contributed by atoms with Crippen LogP contribution in [0.2, 0.25) is 0 Å². The molecule has 1 atom stereocenters. The van der Waals surface area contributed by atoms with Crippen LogP contribution in [-0.4, -0.2) is 45.8 Å². The third-order valence-electron chi connectivity index (χ3n) is 5.86. The highest BCUT2D eigenvalue weighted by Crippen LogP contribution is 2.38. The van der Waals surface area contributed by atoms with Gasteiger partial charge in [0.05, 0.1) is 36.4 Å². The fourth-order valence-corrected chi connectivity index (χ4v) is 4.08. The molecule has 0 fully saturated rings. The number of benzene rings is 2. The van der Waals surface area contributed by atoms with Crippen LogP contribution in [0.3, 0.4) is 0 Å². The molecule has 2 aromatic carbocycles. The van der Waals surface area contributed by atoms with Crippen molar-refractivity contribution in [3.63, 3.8) is 0 Å². The molecule has 1 amide bonds. The normalized spacial score (nSPS) is 14.4. The fraction of sp³-hybridized carbons (Fsp3) is 0.231. The van der Waals surface area contributed by atoms with E-state index in [2.05, 4.69) is 31.5 Å². The number of hydrogen-bond donors (Lipinski definition) is 2. The van der Waals surface area contributed by atoms with Gasteiger partial charge in [-0.2, -0.15) is 5.10 Å². The fourth-order valence-electron chi connectivity index (χ4n) is 4.08. The molecule has 2 N–H and O–H groups in total. The molecule has 8 nitrogen and oxygen atoms in total. The number of nitrogens with one attached hydrogen (secondary N) is 2. The highest BCUT2D eigenvalue weighted by atomic mass is 16.5. The number of amides is 1. The number of hydrogen-bond acceptors (Lipinski definition) is 6. The Bertz CT molecular complexity index is 1350. The number of aromatic amines is 1. The number of para-hydroxylation sites is 1. The first kappa shape index (κ1) is 21.6. The van der Waals surface area contributed by atoms with Crippen LogP contribution in [0.1, 0.15) is 27.4 Å². The number of aromatic nitrogens is 4. The van der Waals surface area contributed by atoms with Crippen LogP contribution < -0.4 is 14.8 Å². The number of ether oxygens (including phenoxy) is 2. The van der Waals surface area contributed by atoms with Gasteiger partial charge < -0.3 is 14.8 Å². The van der Waals surface area contributed by atoms with Crippen LogP contribution in [0, 0.1) is 13.8 Å². The van der Waals surface area contributed by atoms with E-state index in [1.165, 1.54) is 0 Å². The minimum atomic E-state index is -0.229. The third kappa shape index (κ3) is 4.22. The first-order chi connectivity index (χ1) is 16.5. The van der Waals surface area contributed by atoms with Gasteiger partial charge in [-0.1, -0.05) is 12.1 Å². The summed E-state index contributed by atoms with van der Waals surface area (Å²) < 4.78 is 11.4. The lowest BCUT2D eigenvalue weighted by Crippen LogP contribution is -2.34. The maximum atomic E-state index is 12.7. The molecule has 8 heteroatoms. The molecule has 0 aliphatic carbocycles. The lowest BCUT2D eigenvalue weighted by molar-refractivity contribution is 0.0928. The number of aryl methyl sites for hydroxylation is 2. The van der Waals surface area contributed by atoms with E-state index in [-0.39, 0.29) is 12.0 Å². The SMILES string of the molecule is COc1ccc(-c2cc(C(=O)NCC3Cc4cccc(-c5nc(C)cnc5C)c4O3)[nH]n2)cc1. The molecule has 0 saturated carbocycles. The van der Waals surface area contributed by atoms with Crippen molar-refractivity contribution in [2.45, 2.75) is 26.4 Å². The van der Waals surface area contributed by atoms with Crippen molar-refractivity contribution in [1.82, 2.24) is 25.5 Å². The zero-order valence-corrected chi connectivity index (χ0v) is 19.3. The smallest absolute Gasteiger partial charge is 0.269 e. The summed E-state index contributed by atoms with van der Waals surface area (Å²) in [5.41, 5.74) is 6.54. The maximum Gasteiger partial charge on any atom is 0.269 e. The number of methoxy groups -OCH3 is 1. The lowest BCUT2D eigenvalue weighted by Gasteiger charge is -2.14. The Morgan fingerprint density at radius 3 is 2.82 bits per heavy atom. The number of H-pyrrole nitrogens is 1. The molecule has 3 heterocycles. The molecular formula is C26H25N5O3. The van der Waals surface area contributed by atoms with Gasteiger partial charge in [0.2, 0.25) is 0 Å². The van der Waals surface area contributed by atoms with Gasteiger partial charge in [-0.05, 0) is 55.8 Å². The highest BCUT2D eigenvalue weighted by Gasteiger charge is 2.27. The number of nitrogens with zero attached hydrogens (tertiary/aromatic N) is 3. The molecule has 5 rings (SSSR count). The summed E-state index contributed by atoms with van der Waals surface area (Å²) in [6, 6.07) is 15.3. The third-order valence-corrected chi connectivity index (χ3v) is 5.86. The van der Waals surface area contributed by atoms with Crippen LogP contribution >= 0.6 is 0 Å². The lowest BCUT2D eigenvalue weighted by atomic mass is 10.0. The minimum absolute atomic E-state index is 0.165. The van der Waals surface area contributed by atoms with Gasteiger partial charge in [-0.15, -0.1) is 0 Å². The summed E-state index contributed by atoms with van der Waals surface area (Å²) in [5.74, 6) is 1.35. The molecule has 0 spiro atoms. The Morgan fingerprint density at radius 2 is 2.03 bits per heavy atom. The van der Waals surface area contributed by atoms with Crippen LogP contribution in [0.15, 0.2) is 54.7 Å². The Kier molecular flexibility index (Phi) is 5.71. The van der Waals surface area contributed by atoms with E-state index in [0.717, 1.165) is 45.3 Å². The van der Waals surface area contributed by atoms with Crippen LogP contribution in [0.5, 0.6) is 11.5 Å². The van der Waals surface area contributed by atoms with Gasteiger partial charge in [-0.3, -0.25) is 14.9 Å². The predicted molar refractivity (Wildman–Crippen MR) is 128 cm³/mol. The Labute approximate surface area is 197 Å². The van der Waals surface area contributed by atoms with Crippen molar-refractivity contribution in [3.8, 4) is 34.0 Å². The standard InChI is InChI=1S/C26H25N5O3/c1-15-13-27-16(2)24(29-15)21-6-4-5-18-11-20(34-25(18)21)14-28-26(32)23-12-22(30-31-23)17-7-9-19(33-3)10-8-17/h4-10,12-13,20H,11,14H2,1-3H3,(H,28,32)(H,30,31). The van der Waals surface area contributed by atoms with Crippen LogP contribution in [0.4, 0.5) is 0 Å². The molecule has 4 aromatic rings. The Balaban J connectivity index is 1.25. The van der Waals surface area contributed by atoms with E-state index < -0.39 is 0 Å². The van der Waals surface area contributed by atoms with Crippen molar-refractivity contribution in [1.29, 1.82) is 0 Å². The predicted octanol–water partition coefficient (Wildman–Crippen LogP) is 3.89. The average Bonchev–Trinajstić information content (AvgIpc) is 3.51. The van der Waals surface area contributed by atoms with E-state index >= 15 is 0 Å². The van der Waals surface area contributed by atoms with Gasteiger partial charge in [0.25, 0.3) is 5.91 Å². The highest BCUT2D eigenvalue weighted by molar-refractivity contribution is 5.93. The second-order valence-corrected chi connectivity index (χ2v) is 8.29. The summed E-state index contributed by atoms with van der Waals surface area (Å²) in [5, 5.41) is 10.0. The van der Waals surface area contributed by atoms with Crippen molar-refractivity contribution < 1.29 is 14.3 Å². The number of fused-ring (bicyclic) bond motifs is 1. The summed E-state index contributed by atoms with van der Waals surface area (Å²) >= 11 is 0. The van der Waals surface area contributed by atoms with E-state index in [0.29, 0.717) is 24.4 Å². The molecule has 0 saturated heterocycles. The quantitative estimate of drug-likeness (QED) is 0.457. The van der Waals surface area contributed by atoms with Gasteiger partial charge in [0.15, 0.2) is 0 Å². The van der Waals surface area contributed by atoms with Gasteiger partial charge in [-0.25, -0.2) is 4.98 Å². The molecule has 1 aliphatic rings. The molecule has 0 bridgehead atoms. The monoisotopic (exact) mass is 455 g/mol. The Hall–Kier alpha value is -4.20. The first-order valence-electron chi connectivity index (χ1n) is 11.1. The van der Waals surface area contributed by atoms with Gasteiger partial charge >= 0.3 is 0 Å². The van der Waals surface area contributed by atoms with Crippen LogP contribution in [-0.2, 0) is 6.42 Å². The summed E-state index contributed by atoms with van der Waals surface area (Å²) in [4.78, 5) is 21.8. The Morgan fingerprint density at radius 1 is 1.21 bits per heavy atom. The van der Waals surface area contributed by atoms with Crippen molar-refractivity contribution >= 4 is 5.91 Å². The molecular weight excluding hydrogens is 430 g/mol. The molecule has 172 valence electrons. The minimum Gasteiger partial charge on any atom is -0.497 e. The molecule has 1 unspecified atom stereocenters. The topological polar surface area (TPSA) is 102 Å². The molecule has 0 radical (unpaired) electrons. The molecule has 1 aliphatic heterocycles. The van der Waals surface area contributed by atoms with Crippen molar-refractivity contribution in [2.75, 3.05) is 13.7 Å². The van der Waals surface area contributed by atoms with Crippen molar-refractivity contribution in [3.05, 3.63) is 77.4 Å². The second-order valence-electron chi connectivity index (χ2n) is 8.29. The van der Waals surface area contributed by atoms with Gasteiger partial charge in [0, 0.05) is 23.7 Å². The molecule has 2 aromatic heterocycles. The van der Waals surface area contributed by atoms with Gasteiger partial charge in [0.1, 0.15) is 23.3 Å². The number of carbonyl (C=O) groups excluding carboxylic acids is 1.